The van der Waals surface area contributed by atoms with Crippen LogP contribution in [0.2, 0.25) is 5.22 Å². The van der Waals surface area contributed by atoms with Crippen LogP contribution in [0.3, 0.4) is 0 Å². The number of halogens is 1. The average molecular weight is 135 g/mol. The first-order valence-electron chi connectivity index (χ1n) is 1.86. The van der Waals surface area contributed by atoms with Gasteiger partial charge in [0.2, 0.25) is 11.0 Å². The number of rotatable bonds is 0. The summed E-state index contributed by atoms with van der Waals surface area (Å²) in [5, 5.41) is 16.9. The van der Waals surface area contributed by atoms with E-state index in [9.17, 15) is 0 Å². The first-order valence-corrected chi connectivity index (χ1v) is 2.24. The average Bonchev–Trinajstić information content (AvgIpc) is 1.98. The van der Waals surface area contributed by atoms with Gasteiger partial charge in [0.15, 0.2) is 5.75 Å². The fraction of sp³-hybridized carbons (Fsp3) is 0. The minimum atomic E-state index is -0.410. The van der Waals surface area contributed by atoms with Crippen LogP contribution in [0.5, 0.6) is 11.5 Å². The SMILES string of the molecule is Oc1coc(Cl)c1O. The lowest BCUT2D eigenvalue weighted by atomic mass is 10.5. The van der Waals surface area contributed by atoms with Crippen molar-refractivity contribution in [3.05, 3.63) is 11.5 Å². The highest BCUT2D eigenvalue weighted by atomic mass is 35.5. The van der Waals surface area contributed by atoms with Crippen molar-refractivity contribution in [2.75, 3.05) is 0 Å². The molecule has 0 atom stereocenters. The molecule has 0 amide bonds. The van der Waals surface area contributed by atoms with E-state index in [-0.39, 0.29) is 11.0 Å². The number of aromatic hydroxyl groups is 2. The molecule has 3 nitrogen and oxygen atoms in total. The molecule has 0 radical (unpaired) electrons. The van der Waals surface area contributed by atoms with Crippen molar-refractivity contribution in [2.24, 2.45) is 0 Å². The van der Waals surface area contributed by atoms with Gasteiger partial charge in [0.05, 0.1) is 0 Å². The maximum absolute atomic E-state index is 8.57. The van der Waals surface area contributed by atoms with E-state index < -0.39 is 5.75 Å². The van der Waals surface area contributed by atoms with Gasteiger partial charge in [0, 0.05) is 0 Å². The Bertz CT molecular complexity index is 174. The predicted octanol–water partition coefficient (Wildman–Crippen LogP) is 1.34. The van der Waals surface area contributed by atoms with Crippen molar-refractivity contribution < 1.29 is 14.6 Å². The Kier molecular flexibility index (Phi) is 1.06. The third-order valence-electron chi connectivity index (χ3n) is 0.703. The molecule has 1 rings (SSSR count). The molecule has 1 heterocycles. The molecule has 0 aliphatic rings. The van der Waals surface area contributed by atoms with Crippen molar-refractivity contribution in [2.45, 2.75) is 0 Å². The van der Waals surface area contributed by atoms with E-state index in [0.717, 1.165) is 6.26 Å². The van der Waals surface area contributed by atoms with E-state index in [1.54, 1.807) is 0 Å². The van der Waals surface area contributed by atoms with Gasteiger partial charge in [0.1, 0.15) is 6.26 Å². The second-order valence-electron chi connectivity index (χ2n) is 1.24. The quantitative estimate of drug-likeness (QED) is 0.563. The molecule has 1 aromatic rings. The second-order valence-corrected chi connectivity index (χ2v) is 1.59. The fourth-order valence-electron chi connectivity index (χ4n) is 0.320. The Morgan fingerprint density at radius 2 is 2.12 bits per heavy atom. The Balaban J connectivity index is 3.19. The third kappa shape index (κ3) is 0.607. The largest absolute Gasteiger partial charge is 0.502 e. The minimum Gasteiger partial charge on any atom is -0.502 e. The molecule has 0 spiro atoms. The molecular formula is C4H3ClO3. The summed E-state index contributed by atoms with van der Waals surface area (Å²) in [6.45, 7) is 0. The van der Waals surface area contributed by atoms with Crippen LogP contribution >= 0.6 is 11.6 Å². The van der Waals surface area contributed by atoms with Gasteiger partial charge >= 0.3 is 0 Å². The van der Waals surface area contributed by atoms with Gasteiger partial charge in [-0.3, -0.25) is 0 Å². The van der Waals surface area contributed by atoms with Crippen LogP contribution in [0, 0.1) is 0 Å². The van der Waals surface area contributed by atoms with Gasteiger partial charge in [-0.05, 0) is 11.6 Å². The highest BCUT2D eigenvalue weighted by Gasteiger charge is 2.06. The molecule has 0 aliphatic heterocycles. The standard InChI is InChI=1S/C4H3ClO3/c5-4-3(7)2(6)1-8-4/h1,6-7H. The molecule has 0 unspecified atom stereocenters. The zero-order chi connectivity index (χ0) is 6.15. The summed E-state index contributed by atoms with van der Waals surface area (Å²) in [7, 11) is 0. The number of hydrogen-bond acceptors (Lipinski definition) is 3. The Morgan fingerprint density at radius 3 is 2.25 bits per heavy atom. The topological polar surface area (TPSA) is 53.6 Å². The van der Waals surface area contributed by atoms with E-state index in [0.29, 0.717) is 0 Å². The van der Waals surface area contributed by atoms with Crippen LogP contribution in [0.25, 0.3) is 0 Å². The van der Waals surface area contributed by atoms with Gasteiger partial charge in [-0.2, -0.15) is 0 Å². The summed E-state index contributed by atoms with van der Waals surface area (Å²) >= 11 is 5.15. The number of hydrogen-bond donors (Lipinski definition) is 2. The van der Waals surface area contributed by atoms with Crippen molar-refractivity contribution in [1.82, 2.24) is 0 Å². The second kappa shape index (κ2) is 1.59. The fourth-order valence-corrected chi connectivity index (χ4v) is 0.461. The van der Waals surface area contributed by atoms with Crippen LogP contribution in [0.4, 0.5) is 0 Å². The monoisotopic (exact) mass is 134 g/mol. The maximum Gasteiger partial charge on any atom is 0.239 e. The molecule has 8 heavy (non-hydrogen) atoms. The highest BCUT2D eigenvalue weighted by Crippen LogP contribution is 2.33. The summed E-state index contributed by atoms with van der Waals surface area (Å²) in [6.07, 6.45) is 0.956. The highest BCUT2D eigenvalue weighted by molar-refractivity contribution is 6.30. The zero-order valence-corrected chi connectivity index (χ0v) is 4.51. The normalized spacial score (nSPS) is 9.62. The molecule has 44 valence electrons. The molecule has 0 fully saturated rings. The Hall–Kier alpha value is -0.830. The Morgan fingerprint density at radius 1 is 1.50 bits per heavy atom. The summed E-state index contributed by atoms with van der Waals surface area (Å²) in [4.78, 5) is 0. The third-order valence-corrected chi connectivity index (χ3v) is 0.971. The first kappa shape index (κ1) is 5.31. The molecule has 1 aromatic heterocycles. The van der Waals surface area contributed by atoms with Crippen LogP contribution in [0.1, 0.15) is 0 Å². The van der Waals surface area contributed by atoms with E-state index in [1.807, 2.05) is 0 Å². The van der Waals surface area contributed by atoms with E-state index >= 15 is 0 Å². The van der Waals surface area contributed by atoms with E-state index in [4.69, 9.17) is 21.8 Å². The zero-order valence-electron chi connectivity index (χ0n) is 3.76. The summed E-state index contributed by atoms with van der Waals surface area (Å²) in [5.74, 6) is -0.748. The smallest absolute Gasteiger partial charge is 0.239 e. The van der Waals surface area contributed by atoms with Gasteiger partial charge in [-0.15, -0.1) is 0 Å². The van der Waals surface area contributed by atoms with Gasteiger partial charge < -0.3 is 14.6 Å². The Labute approximate surface area is 50.1 Å². The van der Waals surface area contributed by atoms with Crippen molar-refractivity contribution in [3.63, 3.8) is 0 Å². The van der Waals surface area contributed by atoms with Gasteiger partial charge in [-0.25, -0.2) is 0 Å². The lowest BCUT2D eigenvalue weighted by Crippen LogP contribution is -1.54. The summed E-state index contributed by atoms with van der Waals surface area (Å²) < 4.78 is 4.36. The van der Waals surface area contributed by atoms with Gasteiger partial charge in [-0.1, -0.05) is 0 Å². The molecule has 0 aromatic carbocycles. The molecule has 0 bridgehead atoms. The first-order chi connectivity index (χ1) is 3.72. The lowest BCUT2D eigenvalue weighted by Gasteiger charge is -1.80. The molecule has 0 saturated heterocycles. The molecule has 2 N–H and O–H groups in total. The number of furan rings is 1. The van der Waals surface area contributed by atoms with Crippen molar-refractivity contribution in [3.8, 4) is 11.5 Å². The van der Waals surface area contributed by atoms with Crippen LogP contribution in [-0.2, 0) is 0 Å². The van der Waals surface area contributed by atoms with Crippen molar-refractivity contribution >= 4 is 11.6 Å². The summed E-state index contributed by atoms with van der Waals surface area (Å²) in [5.41, 5.74) is 0. The van der Waals surface area contributed by atoms with Crippen molar-refractivity contribution in [1.29, 1.82) is 0 Å². The van der Waals surface area contributed by atoms with Crippen LogP contribution in [-0.4, -0.2) is 10.2 Å². The van der Waals surface area contributed by atoms with E-state index in [1.165, 1.54) is 0 Å². The molecule has 4 heteroatoms. The molecule has 0 aliphatic carbocycles. The lowest BCUT2D eigenvalue weighted by molar-refractivity contribution is 0.408. The van der Waals surface area contributed by atoms with Crippen LogP contribution < -0.4 is 0 Å². The summed E-state index contributed by atoms with van der Waals surface area (Å²) in [6, 6.07) is 0. The molecule has 0 saturated carbocycles. The minimum absolute atomic E-state index is 0.192. The maximum atomic E-state index is 8.57. The van der Waals surface area contributed by atoms with E-state index in [2.05, 4.69) is 4.42 Å². The van der Waals surface area contributed by atoms with Crippen LogP contribution in [0.15, 0.2) is 10.7 Å². The predicted molar refractivity (Wildman–Crippen MR) is 27.0 cm³/mol. The van der Waals surface area contributed by atoms with Gasteiger partial charge in [0.25, 0.3) is 0 Å². The molecular weight excluding hydrogens is 131 g/mol.